The second kappa shape index (κ2) is 9.06. The summed E-state index contributed by atoms with van der Waals surface area (Å²) in [5.41, 5.74) is 2.56. The van der Waals surface area contributed by atoms with E-state index in [9.17, 15) is 8.42 Å². The number of anilines is 1. The number of hydrogen-bond donors (Lipinski definition) is 3. The number of imidazole rings is 1. The van der Waals surface area contributed by atoms with Gasteiger partial charge in [-0.05, 0) is 31.2 Å². The first kappa shape index (κ1) is 20.0. The number of aliphatic imine (C=N–C) groups is 1. The number of nitrogens with zero attached hydrogens (tertiary/aromatic N) is 4. The van der Waals surface area contributed by atoms with Gasteiger partial charge in [0.1, 0.15) is 22.7 Å². The maximum atomic E-state index is 11.7. The maximum Gasteiger partial charge on any atom is 0.170 e. The Bertz CT molecular complexity index is 1260. The summed E-state index contributed by atoms with van der Waals surface area (Å²) in [4.78, 5) is 20.6. The van der Waals surface area contributed by atoms with Gasteiger partial charge in [-0.15, -0.1) is 0 Å². The lowest BCUT2D eigenvalue weighted by atomic mass is 10.3. The van der Waals surface area contributed by atoms with Gasteiger partial charge in [-0.25, -0.2) is 28.4 Å². The van der Waals surface area contributed by atoms with Gasteiger partial charge in [-0.2, -0.15) is 0 Å². The maximum absolute atomic E-state index is 11.7. The van der Waals surface area contributed by atoms with E-state index in [4.69, 9.17) is 0 Å². The average Bonchev–Trinajstić information content (AvgIpc) is 3.24. The fourth-order valence-electron chi connectivity index (χ4n) is 2.78. The summed E-state index contributed by atoms with van der Waals surface area (Å²) in [6.45, 7) is 1.97. The molecule has 8 nitrogen and oxygen atoms in total. The molecule has 0 saturated carbocycles. The van der Waals surface area contributed by atoms with Crippen LogP contribution in [0.2, 0.25) is 0 Å². The van der Waals surface area contributed by atoms with Crippen molar-refractivity contribution in [3.8, 4) is 0 Å². The van der Waals surface area contributed by atoms with Gasteiger partial charge in [0.2, 0.25) is 0 Å². The van der Waals surface area contributed by atoms with Gasteiger partial charge in [0, 0.05) is 5.69 Å². The van der Waals surface area contributed by atoms with E-state index in [0.717, 1.165) is 5.69 Å². The molecule has 0 aliphatic rings. The van der Waals surface area contributed by atoms with Crippen molar-refractivity contribution in [1.29, 1.82) is 0 Å². The highest BCUT2D eigenvalue weighted by molar-refractivity contribution is 8.00. The number of thiol groups is 1. The van der Waals surface area contributed by atoms with Crippen LogP contribution in [0.25, 0.3) is 11.2 Å². The lowest BCUT2D eigenvalue weighted by molar-refractivity contribution is 0.615. The second-order valence-electron chi connectivity index (χ2n) is 6.27. The van der Waals surface area contributed by atoms with E-state index < -0.39 is 10.7 Å². The first-order valence-electron chi connectivity index (χ1n) is 9.06. The Hall–Kier alpha value is -3.24. The van der Waals surface area contributed by atoms with Crippen LogP contribution in [0.5, 0.6) is 0 Å². The number of para-hydroxylation sites is 2. The minimum absolute atomic E-state index is 0.175. The number of amidine groups is 1. The van der Waals surface area contributed by atoms with E-state index in [1.807, 2.05) is 37.3 Å². The van der Waals surface area contributed by atoms with Gasteiger partial charge in [0.25, 0.3) is 0 Å². The second-order valence-corrected chi connectivity index (χ2v) is 8.60. The zero-order valence-corrected chi connectivity index (χ0v) is 17.6. The number of hydrogen-bond acceptors (Lipinski definition) is 7. The quantitative estimate of drug-likeness (QED) is 0.138. The highest BCUT2D eigenvalue weighted by Gasteiger charge is 2.18. The number of aromatic nitrogens is 4. The standard InChI is InChI=1S/C20H18N6O2S2/c1-13(29-20-17-19(22-11-21-17)23-12-24-20)18(25-14-7-3-2-4-8-14)26-15-9-5-6-10-16(15)30(27)28/h2-13,30H,1H3,(H,25,26)(H,21,22,23,24). The third-order valence-electron chi connectivity index (χ3n) is 4.22. The van der Waals surface area contributed by atoms with Crippen LogP contribution in [0.15, 0.2) is 82.2 Å². The summed E-state index contributed by atoms with van der Waals surface area (Å²) < 4.78 is 23.3. The minimum atomic E-state index is -2.77. The van der Waals surface area contributed by atoms with Crippen LogP contribution in [-0.2, 0) is 10.7 Å². The Kier molecular flexibility index (Phi) is 6.05. The van der Waals surface area contributed by atoms with Crippen molar-refractivity contribution >= 4 is 50.8 Å². The van der Waals surface area contributed by atoms with Gasteiger partial charge in [0.05, 0.1) is 22.2 Å². The normalized spacial score (nSPS) is 12.9. The molecule has 0 fully saturated rings. The fraction of sp³-hybridized carbons (Fsp3) is 0.100. The summed E-state index contributed by atoms with van der Waals surface area (Å²) in [5, 5.41) is 3.84. The van der Waals surface area contributed by atoms with Crippen LogP contribution in [-0.4, -0.2) is 39.4 Å². The summed E-state index contributed by atoms with van der Waals surface area (Å²) in [6.07, 6.45) is 3.06. The molecule has 4 aromatic rings. The Morgan fingerprint density at radius 3 is 2.63 bits per heavy atom. The van der Waals surface area contributed by atoms with Gasteiger partial charge in [0.15, 0.2) is 16.4 Å². The van der Waals surface area contributed by atoms with Crippen LogP contribution in [0.1, 0.15) is 6.92 Å². The number of benzene rings is 2. The van der Waals surface area contributed by atoms with Gasteiger partial charge >= 0.3 is 0 Å². The van der Waals surface area contributed by atoms with Gasteiger partial charge in [-0.3, -0.25) is 0 Å². The van der Waals surface area contributed by atoms with Crippen LogP contribution in [0.4, 0.5) is 11.4 Å². The monoisotopic (exact) mass is 438 g/mol. The molecule has 2 aromatic heterocycles. The van der Waals surface area contributed by atoms with Crippen LogP contribution < -0.4 is 5.32 Å². The third-order valence-corrected chi connectivity index (χ3v) is 6.09. The molecule has 2 aromatic carbocycles. The Morgan fingerprint density at radius 1 is 1.07 bits per heavy atom. The minimum Gasteiger partial charge on any atom is -0.343 e. The van der Waals surface area contributed by atoms with Crippen molar-refractivity contribution in [2.75, 3.05) is 5.32 Å². The zero-order chi connectivity index (χ0) is 20.9. The lowest BCUT2D eigenvalue weighted by Gasteiger charge is -2.17. The molecule has 0 amide bonds. The molecule has 0 saturated heterocycles. The number of nitrogens with one attached hydrogen (secondary N) is 2. The molecule has 2 N–H and O–H groups in total. The topological polar surface area (TPSA) is 113 Å². The molecule has 2 heterocycles. The molecule has 152 valence electrons. The summed E-state index contributed by atoms with van der Waals surface area (Å²) in [5.74, 6) is 0.595. The summed E-state index contributed by atoms with van der Waals surface area (Å²) >= 11 is 1.46. The van der Waals surface area contributed by atoms with E-state index in [0.29, 0.717) is 27.7 Å². The smallest absolute Gasteiger partial charge is 0.170 e. The van der Waals surface area contributed by atoms with Gasteiger partial charge < -0.3 is 10.3 Å². The van der Waals surface area contributed by atoms with Crippen LogP contribution in [0.3, 0.4) is 0 Å². The summed E-state index contributed by atoms with van der Waals surface area (Å²) in [7, 11) is -2.77. The van der Waals surface area contributed by atoms with E-state index >= 15 is 0 Å². The number of aromatic amines is 1. The zero-order valence-electron chi connectivity index (χ0n) is 15.9. The Labute approximate surface area is 178 Å². The summed E-state index contributed by atoms with van der Waals surface area (Å²) in [6, 6.07) is 16.3. The van der Waals surface area contributed by atoms with Crippen molar-refractivity contribution in [2.45, 2.75) is 22.1 Å². The molecule has 0 radical (unpaired) electrons. The van der Waals surface area contributed by atoms with Crippen molar-refractivity contribution in [3.05, 3.63) is 67.3 Å². The molecule has 10 heteroatoms. The number of rotatable bonds is 6. The third kappa shape index (κ3) is 4.50. The predicted octanol–water partition coefficient (Wildman–Crippen LogP) is 3.65. The van der Waals surface area contributed by atoms with Crippen LogP contribution in [0, 0.1) is 0 Å². The van der Waals surface area contributed by atoms with E-state index in [1.54, 1.807) is 30.6 Å². The Balaban J connectivity index is 1.72. The lowest BCUT2D eigenvalue weighted by Crippen LogP contribution is -2.23. The Morgan fingerprint density at radius 2 is 1.83 bits per heavy atom. The predicted molar refractivity (Wildman–Crippen MR) is 119 cm³/mol. The molecule has 30 heavy (non-hydrogen) atoms. The molecular weight excluding hydrogens is 420 g/mol. The molecule has 0 bridgehead atoms. The highest BCUT2D eigenvalue weighted by Crippen LogP contribution is 2.29. The number of thioether (sulfide) groups is 1. The van der Waals surface area contributed by atoms with Crippen molar-refractivity contribution in [1.82, 2.24) is 19.9 Å². The highest BCUT2D eigenvalue weighted by atomic mass is 32.2. The average molecular weight is 439 g/mol. The number of H-pyrrole nitrogens is 1. The molecule has 0 aliphatic heterocycles. The molecule has 4 rings (SSSR count). The SMILES string of the molecule is CC(Sc1ncnc2[nH]cnc12)/C(=N/c1ccccc1[SH](=O)=O)Nc1ccccc1. The van der Waals surface area contributed by atoms with Crippen molar-refractivity contribution in [3.63, 3.8) is 0 Å². The molecular formula is C20H18N6O2S2. The molecule has 0 spiro atoms. The molecule has 1 atom stereocenters. The van der Waals surface area contributed by atoms with E-state index in [-0.39, 0.29) is 10.1 Å². The van der Waals surface area contributed by atoms with Crippen molar-refractivity contribution in [2.24, 2.45) is 4.99 Å². The van der Waals surface area contributed by atoms with Crippen molar-refractivity contribution < 1.29 is 8.42 Å². The van der Waals surface area contributed by atoms with E-state index in [2.05, 4.69) is 30.2 Å². The van der Waals surface area contributed by atoms with Gasteiger partial charge in [-0.1, -0.05) is 42.1 Å². The van der Waals surface area contributed by atoms with E-state index in [1.165, 1.54) is 18.1 Å². The first-order valence-corrected chi connectivity index (χ1v) is 11.1. The van der Waals surface area contributed by atoms with Crippen LogP contribution >= 0.6 is 11.8 Å². The molecule has 1 unspecified atom stereocenters. The number of fused-ring (bicyclic) bond motifs is 1. The first-order chi connectivity index (χ1) is 14.6. The molecule has 0 aliphatic carbocycles. The fourth-order valence-corrected chi connectivity index (χ4v) is 4.23. The largest absolute Gasteiger partial charge is 0.343 e.